The number of carbonyl (C=O) groups excluding carboxylic acids is 1. The topological polar surface area (TPSA) is 42.3 Å². The van der Waals surface area contributed by atoms with E-state index in [0.717, 1.165) is 23.9 Å². The van der Waals surface area contributed by atoms with E-state index in [0.29, 0.717) is 12.0 Å². The Balaban J connectivity index is 1.75. The Kier molecular flexibility index (Phi) is 4.48. The van der Waals surface area contributed by atoms with Crippen molar-refractivity contribution in [3.63, 3.8) is 0 Å². The Bertz CT molecular complexity index is 582. The highest BCUT2D eigenvalue weighted by molar-refractivity contribution is 9.10. The maximum absolute atomic E-state index is 12.6. The first-order valence-corrected chi connectivity index (χ1v) is 8.60. The average Bonchev–Trinajstić information content (AvgIpc) is 2.50. The van der Waals surface area contributed by atoms with Crippen LogP contribution in [0.1, 0.15) is 38.5 Å². The fourth-order valence-electron chi connectivity index (χ4n) is 3.80. The van der Waals surface area contributed by atoms with E-state index >= 15 is 0 Å². The monoisotopic (exact) mass is 352 g/mol. The molecule has 4 nitrogen and oxygen atoms in total. The molecule has 0 aromatic carbocycles. The summed E-state index contributed by atoms with van der Waals surface area (Å²) in [4.78, 5) is 26.5. The predicted octanol–water partition coefficient (Wildman–Crippen LogP) is 2.79. The molecule has 0 spiro atoms. The third-order valence-corrected chi connectivity index (χ3v) is 5.29. The number of pyridine rings is 1. The first-order valence-electron chi connectivity index (χ1n) is 7.80. The lowest BCUT2D eigenvalue weighted by Gasteiger charge is -2.44. The fourth-order valence-corrected chi connectivity index (χ4v) is 4.18. The smallest absolute Gasteiger partial charge is 0.251 e. The number of amides is 1. The minimum Gasteiger partial charge on any atom is -0.338 e. The van der Waals surface area contributed by atoms with Gasteiger partial charge in [-0.15, -0.1) is 0 Å². The van der Waals surface area contributed by atoms with Gasteiger partial charge in [-0.25, -0.2) is 0 Å². The van der Waals surface area contributed by atoms with Gasteiger partial charge in [0.15, 0.2) is 0 Å². The minimum absolute atomic E-state index is 0.0896. The lowest BCUT2D eigenvalue weighted by molar-refractivity contribution is -0.138. The zero-order chi connectivity index (χ0) is 14.8. The fraction of sp³-hybridized carbons (Fsp3) is 0.625. The van der Waals surface area contributed by atoms with Crippen LogP contribution in [0, 0.1) is 5.92 Å². The van der Waals surface area contributed by atoms with E-state index in [2.05, 4.69) is 15.9 Å². The molecule has 114 valence electrons. The van der Waals surface area contributed by atoms with Crippen LogP contribution in [-0.4, -0.2) is 28.0 Å². The number of rotatable bonds is 2. The van der Waals surface area contributed by atoms with Crippen molar-refractivity contribution in [3.05, 3.63) is 33.2 Å². The van der Waals surface area contributed by atoms with Crippen molar-refractivity contribution in [2.24, 2.45) is 5.92 Å². The molecule has 1 aliphatic heterocycles. The summed E-state index contributed by atoms with van der Waals surface area (Å²) in [5, 5.41) is 0. The number of fused-ring (bicyclic) bond motifs is 1. The molecule has 1 aliphatic carbocycles. The van der Waals surface area contributed by atoms with Gasteiger partial charge in [0.05, 0.1) is 0 Å². The molecule has 1 aromatic heterocycles. The van der Waals surface area contributed by atoms with Crippen molar-refractivity contribution < 1.29 is 4.79 Å². The maximum atomic E-state index is 12.6. The molecule has 2 heterocycles. The summed E-state index contributed by atoms with van der Waals surface area (Å²) in [7, 11) is 0. The lowest BCUT2D eigenvalue weighted by Crippen LogP contribution is -2.51. The summed E-state index contributed by atoms with van der Waals surface area (Å²) in [5.41, 5.74) is -0.122. The number of likely N-dealkylation sites (tertiary alicyclic amines) is 1. The van der Waals surface area contributed by atoms with Crippen molar-refractivity contribution in [1.82, 2.24) is 9.47 Å². The number of piperidine rings is 1. The highest BCUT2D eigenvalue weighted by Crippen LogP contribution is 2.35. The summed E-state index contributed by atoms with van der Waals surface area (Å²) in [6.45, 7) is 1.00. The van der Waals surface area contributed by atoms with E-state index in [9.17, 15) is 9.59 Å². The summed E-state index contributed by atoms with van der Waals surface area (Å²) >= 11 is 3.35. The van der Waals surface area contributed by atoms with Gasteiger partial charge in [0.2, 0.25) is 5.91 Å². The lowest BCUT2D eigenvalue weighted by atomic mass is 9.78. The van der Waals surface area contributed by atoms with Gasteiger partial charge in [-0.1, -0.05) is 12.8 Å². The van der Waals surface area contributed by atoms with Crippen LogP contribution in [-0.2, 0) is 11.3 Å². The van der Waals surface area contributed by atoms with Gasteiger partial charge in [-0.05, 0) is 53.6 Å². The van der Waals surface area contributed by atoms with Gasteiger partial charge in [-0.3, -0.25) is 9.59 Å². The van der Waals surface area contributed by atoms with E-state index in [4.69, 9.17) is 0 Å². The van der Waals surface area contributed by atoms with E-state index in [1.54, 1.807) is 12.3 Å². The molecule has 21 heavy (non-hydrogen) atoms. The van der Waals surface area contributed by atoms with Gasteiger partial charge >= 0.3 is 0 Å². The number of aromatic nitrogens is 1. The summed E-state index contributed by atoms with van der Waals surface area (Å²) in [5.74, 6) is 0.766. The first kappa shape index (κ1) is 14.8. The Morgan fingerprint density at radius 1 is 1.19 bits per heavy atom. The summed E-state index contributed by atoms with van der Waals surface area (Å²) < 4.78 is 2.32. The van der Waals surface area contributed by atoms with Crippen LogP contribution >= 0.6 is 15.9 Å². The molecule has 2 atom stereocenters. The molecule has 2 aliphatic rings. The van der Waals surface area contributed by atoms with E-state index in [-0.39, 0.29) is 18.0 Å². The summed E-state index contributed by atoms with van der Waals surface area (Å²) in [6, 6.07) is 3.61. The second kappa shape index (κ2) is 6.34. The summed E-state index contributed by atoms with van der Waals surface area (Å²) in [6.07, 6.45) is 8.96. The molecular formula is C16H21BrN2O2. The van der Waals surface area contributed by atoms with Crippen LogP contribution in [0.2, 0.25) is 0 Å². The Morgan fingerprint density at radius 3 is 2.81 bits per heavy atom. The molecule has 2 fully saturated rings. The zero-order valence-corrected chi connectivity index (χ0v) is 13.7. The van der Waals surface area contributed by atoms with Crippen LogP contribution in [0.4, 0.5) is 0 Å². The van der Waals surface area contributed by atoms with Crippen LogP contribution < -0.4 is 5.56 Å². The molecule has 1 saturated heterocycles. The van der Waals surface area contributed by atoms with Crippen molar-refractivity contribution >= 4 is 21.8 Å². The number of hydrogen-bond acceptors (Lipinski definition) is 2. The average molecular weight is 353 g/mol. The largest absolute Gasteiger partial charge is 0.338 e. The Labute approximate surface area is 133 Å². The number of carbonyl (C=O) groups is 1. The second-order valence-electron chi connectivity index (χ2n) is 6.15. The van der Waals surface area contributed by atoms with Gasteiger partial charge < -0.3 is 9.47 Å². The Morgan fingerprint density at radius 2 is 1.95 bits per heavy atom. The van der Waals surface area contributed by atoms with Crippen molar-refractivity contribution in [2.45, 2.75) is 51.1 Å². The quantitative estimate of drug-likeness (QED) is 0.821. The maximum Gasteiger partial charge on any atom is 0.251 e. The molecule has 1 aromatic rings. The minimum atomic E-state index is -0.122. The molecule has 0 bridgehead atoms. The predicted molar refractivity (Wildman–Crippen MR) is 85.1 cm³/mol. The number of nitrogens with zero attached hydrogens (tertiary/aromatic N) is 2. The highest BCUT2D eigenvalue weighted by atomic mass is 79.9. The van der Waals surface area contributed by atoms with Gasteiger partial charge in [-0.2, -0.15) is 0 Å². The SMILES string of the molecule is O=C(Cn1cc(Br)ccc1=O)N1CCCC2CCCCC21. The zero-order valence-electron chi connectivity index (χ0n) is 12.1. The molecule has 1 saturated carbocycles. The van der Waals surface area contributed by atoms with Crippen LogP contribution in [0.25, 0.3) is 0 Å². The molecular weight excluding hydrogens is 332 g/mol. The van der Waals surface area contributed by atoms with Crippen LogP contribution in [0.3, 0.4) is 0 Å². The van der Waals surface area contributed by atoms with Gasteiger partial charge in [0, 0.05) is 29.3 Å². The van der Waals surface area contributed by atoms with Gasteiger partial charge in [0.25, 0.3) is 5.56 Å². The van der Waals surface area contributed by atoms with Crippen molar-refractivity contribution in [2.75, 3.05) is 6.54 Å². The molecule has 0 radical (unpaired) electrons. The third kappa shape index (κ3) is 3.23. The van der Waals surface area contributed by atoms with E-state index in [1.165, 1.54) is 36.3 Å². The standard InChI is InChI=1S/C16H21BrN2O2/c17-13-7-8-15(20)18(10-13)11-16(21)19-9-3-5-12-4-1-2-6-14(12)19/h7-8,10,12,14H,1-6,9,11H2. The molecule has 2 unspecified atom stereocenters. The van der Waals surface area contributed by atoms with E-state index in [1.807, 2.05) is 4.90 Å². The first-order chi connectivity index (χ1) is 10.1. The van der Waals surface area contributed by atoms with Crippen molar-refractivity contribution in [3.8, 4) is 0 Å². The molecule has 0 N–H and O–H groups in total. The van der Waals surface area contributed by atoms with Crippen molar-refractivity contribution in [1.29, 1.82) is 0 Å². The van der Waals surface area contributed by atoms with Crippen LogP contribution in [0.5, 0.6) is 0 Å². The highest BCUT2D eigenvalue weighted by Gasteiger charge is 2.35. The van der Waals surface area contributed by atoms with Crippen LogP contribution in [0.15, 0.2) is 27.6 Å². The molecule has 5 heteroatoms. The normalized spacial score (nSPS) is 25.5. The number of halogens is 1. The molecule has 3 rings (SSSR count). The van der Waals surface area contributed by atoms with Gasteiger partial charge in [0.1, 0.15) is 6.54 Å². The Hall–Kier alpha value is -1.10. The third-order valence-electron chi connectivity index (χ3n) is 4.82. The van der Waals surface area contributed by atoms with E-state index < -0.39 is 0 Å². The second-order valence-corrected chi connectivity index (χ2v) is 7.07. The molecule has 1 amide bonds. The number of hydrogen-bond donors (Lipinski definition) is 0.